The van der Waals surface area contributed by atoms with Crippen molar-refractivity contribution in [3.8, 4) is 17.2 Å². The van der Waals surface area contributed by atoms with Gasteiger partial charge in [-0.05, 0) is 31.4 Å². The average molecular weight is 343 g/mol. The van der Waals surface area contributed by atoms with E-state index in [9.17, 15) is 4.79 Å². The van der Waals surface area contributed by atoms with Gasteiger partial charge in [0.25, 0.3) is 0 Å². The van der Waals surface area contributed by atoms with Gasteiger partial charge in [0, 0.05) is 18.0 Å². The lowest BCUT2D eigenvalue weighted by Gasteiger charge is -2.25. The smallest absolute Gasteiger partial charge is 0.231 e. The Bertz CT molecular complexity index is 541. The van der Waals surface area contributed by atoms with Crippen LogP contribution >= 0.6 is 12.4 Å². The lowest BCUT2D eigenvalue weighted by atomic mass is 9.85. The third-order valence-electron chi connectivity index (χ3n) is 4.10. The summed E-state index contributed by atoms with van der Waals surface area (Å²) in [4.78, 5) is 12.0. The van der Waals surface area contributed by atoms with E-state index < -0.39 is 0 Å². The number of hydrogen-bond acceptors (Lipinski definition) is 5. The van der Waals surface area contributed by atoms with Gasteiger partial charge in [-0.2, -0.15) is 0 Å². The van der Waals surface area contributed by atoms with Gasteiger partial charge in [-0.15, -0.1) is 12.4 Å². The Kier molecular flexibility index (Phi) is 6.36. The zero-order valence-corrected chi connectivity index (χ0v) is 13.8. The van der Waals surface area contributed by atoms with Crippen LogP contribution in [0.25, 0.3) is 0 Å². The highest BCUT2D eigenvalue weighted by atomic mass is 35.5. The molecular formula is C16H23ClN2O4. The number of benzene rings is 1. The van der Waals surface area contributed by atoms with Crippen molar-refractivity contribution in [3.05, 3.63) is 18.2 Å². The standard InChI is InChI=1S/C16H22N2O4.ClH/c17-12-3-1-2-11(8-12)16(19)18-6-7-20-13-4-5-14-15(9-13)22-10-21-14;/h4-5,9,11-12H,1-3,6-8,10,17H2,(H,18,19);1H. The Morgan fingerprint density at radius 3 is 2.96 bits per heavy atom. The van der Waals surface area contributed by atoms with Crippen LogP contribution in [0, 0.1) is 5.92 Å². The number of halogens is 1. The van der Waals surface area contributed by atoms with Crippen LogP contribution in [0.4, 0.5) is 0 Å². The van der Waals surface area contributed by atoms with Crippen LogP contribution in [0.15, 0.2) is 18.2 Å². The van der Waals surface area contributed by atoms with Gasteiger partial charge < -0.3 is 25.3 Å². The van der Waals surface area contributed by atoms with Crippen LogP contribution < -0.4 is 25.3 Å². The number of nitrogens with one attached hydrogen (secondary N) is 1. The van der Waals surface area contributed by atoms with E-state index in [1.54, 1.807) is 6.07 Å². The quantitative estimate of drug-likeness (QED) is 0.798. The summed E-state index contributed by atoms with van der Waals surface area (Å²) in [7, 11) is 0. The molecule has 3 N–H and O–H groups in total. The first-order valence-electron chi connectivity index (χ1n) is 7.78. The lowest BCUT2D eigenvalue weighted by molar-refractivity contribution is -0.126. The molecule has 2 aliphatic rings. The maximum atomic E-state index is 12.0. The topological polar surface area (TPSA) is 82.8 Å². The Labute approximate surface area is 142 Å². The summed E-state index contributed by atoms with van der Waals surface area (Å²) in [6.07, 6.45) is 3.78. The van der Waals surface area contributed by atoms with Gasteiger partial charge >= 0.3 is 0 Å². The molecule has 2 unspecified atom stereocenters. The average Bonchev–Trinajstić information content (AvgIpc) is 2.99. The maximum absolute atomic E-state index is 12.0. The summed E-state index contributed by atoms with van der Waals surface area (Å²) in [5.74, 6) is 2.27. The molecule has 1 fully saturated rings. The molecule has 0 radical (unpaired) electrons. The molecule has 1 aromatic carbocycles. The number of rotatable bonds is 5. The summed E-state index contributed by atoms with van der Waals surface area (Å²) in [6.45, 7) is 1.15. The number of nitrogens with two attached hydrogens (primary N) is 1. The van der Waals surface area contributed by atoms with E-state index in [0.29, 0.717) is 24.7 Å². The first-order valence-corrected chi connectivity index (χ1v) is 7.78. The summed E-state index contributed by atoms with van der Waals surface area (Å²) < 4.78 is 16.1. The highest BCUT2D eigenvalue weighted by Gasteiger charge is 2.24. The molecule has 3 rings (SSSR count). The largest absolute Gasteiger partial charge is 0.492 e. The van der Waals surface area contributed by atoms with E-state index in [4.69, 9.17) is 19.9 Å². The summed E-state index contributed by atoms with van der Waals surface area (Å²) >= 11 is 0. The predicted molar refractivity (Wildman–Crippen MR) is 88.3 cm³/mol. The molecule has 1 saturated carbocycles. The molecule has 0 spiro atoms. The minimum absolute atomic E-state index is 0. The Hall–Kier alpha value is -1.66. The maximum Gasteiger partial charge on any atom is 0.231 e. The number of fused-ring (bicyclic) bond motifs is 1. The minimum Gasteiger partial charge on any atom is -0.492 e. The molecule has 1 aromatic rings. The van der Waals surface area contributed by atoms with Crippen LogP contribution in [0.1, 0.15) is 25.7 Å². The molecule has 1 amide bonds. The molecule has 1 aliphatic heterocycles. The van der Waals surface area contributed by atoms with Crippen LogP contribution in [-0.2, 0) is 4.79 Å². The highest BCUT2D eigenvalue weighted by molar-refractivity contribution is 5.85. The fourth-order valence-electron chi connectivity index (χ4n) is 2.92. The van der Waals surface area contributed by atoms with Crippen molar-refractivity contribution in [2.75, 3.05) is 19.9 Å². The van der Waals surface area contributed by atoms with Crippen molar-refractivity contribution < 1.29 is 19.0 Å². The van der Waals surface area contributed by atoms with Gasteiger partial charge in [0.15, 0.2) is 11.5 Å². The molecule has 0 saturated heterocycles. The molecule has 7 heteroatoms. The molecule has 0 bridgehead atoms. The normalized spacial score (nSPS) is 22.1. The van der Waals surface area contributed by atoms with Gasteiger partial charge in [-0.1, -0.05) is 6.42 Å². The molecule has 1 heterocycles. The van der Waals surface area contributed by atoms with E-state index in [-0.39, 0.29) is 37.1 Å². The Balaban J connectivity index is 0.00000192. The molecular weight excluding hydrogens is 320 g/mol. The van der Waals surface area contributed by atoms with Gasteiger partial charge in [-0.3, -0.25) is 4.79 Å². The van der Waals surface area contributed by atoms with Crippen molar-refractivity contribution in [1.82, 2.24) is 5.32 Å². The van der Waals surface area contributed by atoms with E-state index in [2.05, 4.69) is 5.32 Å². The van der Waals surface area contributed by atoms with E-state index in [1.165, 1.54) is 0 Å². The van der Waals surface area contributed by atoms with E-state index >= 15 is 0 Å². The predicted octanol–water partition coefficient (Wildman–Crippen LogP) is 1.85. The van der Waals surface area contributed by atoms with E-state index in [0.717, 1.165) is 31.4 Å². The van der Waals surface area contributed by atoms with Gasteiger partial charge in [0.05, 0.1) is 6.54 Å². The number of amides is 1. The first kappa shape index (κ1) is 17.7. The molecule has 128 valence electrons. The number of carbonyl (C=O) groups excluding carboxylic acids is 1. The Morgan fingerprint density at radius 1 is 1.30 bits per heavy atom. The molecule has 6 nitrogen and oxygen atoms in total. The highest BCUT2D eigenvalue weighted by Crippen LogP contribution is 2.35. The van der Waals surface area contributed by atoms with Crippen molar-refractivity contribution >= 4 is 18.3 Å². The number of carbonyl (C=O) groups is 1. The van der Waals surface area contributed by atoms with Crippen molar-refractivity contribution in [2.24, 2.45) is 11.7 Å². The van der Waals surface area contributed by atoms with Crippen molar-refractivity contribution in [1.29, 1.82) is 0 Å². The second-order valence-electron chi connectivity index (χ2n) is 5.78. The lowest BCUT2D eigenvalue weighted by Crippen LogP contribution is -2.39. The zero-order chi connectivity index (χ0) is 15.4. The third-order valence-corrected chi connectivity index (χ3v) is 4.10. The monoisotopic (exact) mass is 342 g/mol. The van der Waals surface area contributed by atoms with Crippen molar-refractivity contribution in [2.45, 2.75) is 31.7 Å². The van der Waals surface area contributed by atoms with Crippen LogP contribution in [0.3, 0.4) is 0 Å². The number of ether oxygens (including phenoxy) is 3. The molecule has 23 heavy (non-hydrogen) atoms. The Morgan fingerprint density at radius 2 is 2.13 bits per heavy atom. The van der Waals surface area contributed by atoms with Gasteiger partial charge in [0.2, 0.25) is 12.7 Å². The van der Waals surface area contributed by atoms with Crippen LogP contribution in [0.5, 0.6) is 17.2 Å². The second kappa shape index (κ2) is 8.26. The first-order chi connectivity index (χ1) is 10.7. The van der Waals surface area contributed by atoms with Crippen molar-refractivity contribution in [3.63, 3.8) is 0 Å². The van der Waals surface area contributed by atoms with Gasteiger partial charge in [0.1, 0.15) is 12.4 Å². The fourth-order valence-corrected chi connectivity index (χ4v) is 2.92. The van der Waals surface area contributed by atoms with Gasteiger partial charge in [-0.25, -0.2) is 0 Å². The zero-order valence-electron chi connectivity index (χ0n) is 13.0. The fraction of sp³-hybridized carbons (Fsp3) is 0.562. The molecule has 0 aromatic heterocycles. The number of hydrogen-bond donors (Lipinski definition) is 2. The van der Waals surface area contributed by atoms with Crippen LogP contribution in [-0.4, -0.2) is 31.9 Å². The van der Waals surface area contributed by atoms with E-state index in [1.807, 2.05) is 12.1 Å². The molecule has 1 aliphatic carbocycles. The SMILES string of the molecule is Cl.NC1CCCC(C(=O)NCCOc2ccc3c(c2)OCO3)C1. The van der Waals surface area contributed by atoms with Crippen LogP contribution in [0.2, 0.25) is 0 Å². The summed E-state index contributed by atoms with van der Waals surface area (Å²) in [5, 5.41) is 2.92. The minimum atomic E-state index is 0. The summed E-state index contributed by atoms with van der Waals surface area (Å²) in [6, 6.07) is 5.61. The molecule has 2 atom stereocenters. The second-order valence-corrected chi connectivity index (χ2v) is 5.78. The summed E-state index contributed by atoms with van der Waals surface area (Å²) in [5.41, 5.74) is 5.91. The third kappa shape index (κ3) is 4.65.